The Bertz CT molecular complexity index is 567. The summed E-state index contributed by atoms with van der Waals surface area (Å²) in [4.78, 5) is 0.387. The molecule has 1 heterocycles. The third-order valence-electron chi connectivity index (χ3n) is 3.08. The van der Waals surface area contributed by atoms with Crippen LogP contribution in [0.4, 0.5) is 0 Å². The summed E-state index contributed by atoms with van der Waals surface area (Å²) < 4.78 is 1.86. The first-order chi connectivity index (χ1) is 8.50. The Kier molecular flexibility index (Phi) is 3.48. The summed E-state index contributed by atoms with van der Waals surface area (Å²) in [5.41, 5.74) is 9.80. The zero-order valence-electron chi connectivity index (χ0n) is 10.8. The molecular weight excluding hydrogens is 242 g/mol. The zero-order chi connectivity index (χ0) is 13.3. The summed E-state index contributed by atoms with van der Waals surface area (Å²) in [6, 6.07) is 8.39. The van der Waals surface area contributed by atoms with Gasteiger partial charge in [0.25, 0.3) is 0 Å². The van der Waals surface area contributed by atoms with Gasteiger partial charge in [-0.25, -0.2) is 4.68 Å². The maximum absolute atomic E-state index is 5.65. The van der Waals surface area contributed by atoms with Crippen molar-refractivity contribution in [3.05, 3.63) is 47.3 Å². The number of hydrogen-bond donors (Lipinski definition) is 1. The quantitative estimate of drug-likeness (QED) is 0.862. The monoisotopic (exact) mass is 259 g/mol. The molecule has 3 nitrogen and oxygen atoms in total. The first-order valence-electron chi connectivity index (χ1n) is 5.95. The summed E-state index contributed by atoms with van der Waals surface area (Å²) in [5.74, 6) is 0.532. The van der Waals surface area contributed by atoms with E-state index in [0.717, 1.165) is 16.9 Å². The molecule has 18 heavy (non-hydrogen) atoms. The summed E-state index contributed by atoms with van der Waals surface area (Å²) in [7, 11) is 0. The fraction of sp³-hybridized carbons (Fsp3) is 0.286. The Hall–Kier alpha value is -1.68. The van der Waals surface area contributed by atoms with Gasteiger partial charge in [0.05, 0.1) is 23.1 Å². The van der Waals surface area contributed by atoms with Crippen molar-refractivity contribution in [2.75, 3.05) is 0 Å². The van der Waals surface area contributed by atoms with Crippen molar-refractivity contribution in [2.45, 2.75) is 26.7 Å². The fourth-order valence-electron chi connectivity index (χ4n) is 1.91. The lowest BCUT2D eigenvalue weighted by Gasteiger charge is -2.08. The Morgan fingerprint density at radius 3 is 2.33 bits per heavy atom. The number of hydrogen-bond acceptors (Lipinski definition) is 2. The molecule has 0 amide bonds. The largest absolute Gasteiger partial charge is 0.389 e. The number of nitrogens with zero attached hydrogens (tertiary/aromatic N) is 2. The second-order valence-corrected chi connectivity index (χ2v) is 5.11. The maximum Gasteiger partial charge on any atom is 0.107 e. The van der Waals surface area contributed by atoms with E-state index in [2.05, 4.69) is 43.2 Å². The van der Waals surface area contributed by atoms with E-state index >= 15 is 0 Å². The minimum absolute atomic E-state index is 0.387. The third kappa shape index (κ3) is 2.29. The lowest BCUT2D eigenvalue weighted by atomic mass is 10.0. The Morgan fingerprint density at radius 2 is 1.89 bits per heavy atom. The van der Waals surface area contributed by atoms with Crippen molar-refractivity contribution in [1.29, 1.82) is 0 Å². The van der Waals surface area contributed by atoms with Crippen LogP contribution in [-0.2, 0) is 0 Å². The van der Waals surface area contributed by atoms with E-state index in [-0.39, 0.29) is 0 Å². The van der Waals surface area contributed by atoms with Gasteiger partial charge in [-0.3, -0.25) is 0 Å². The van der Waals surface area contributed by atoms with Crippen LogP contribution in [0.1, 0.15) is 36.6 Å². The van der Waals surface area contributed by atoms with Gasteiger partial charge in [-0.2, -0.15) is 5.10 Å². The first kappa shape index (κ1) is 12.8. The van der Waals surface area contributed by atoms with Gasteiger partial charge in [0, 0.05) is 0 Å². The topological polar surface area (TPSA) is 43.8 Å². The second kappa shape index (κ2) is 4.90. The molecule has 0 saturated heterocycles. The molecule has 1 aromatic heterocycles. The number of aromatic nitrogens is 2. The second-order valence-electron chi connectivity index (χ2n) is 4.67. The predicted octanol–water partition coefficient (Wildman–Crippen LogP) is 2.94. The number of benzene rings is 1. The standard InChI is InChI=1S/C14H17N3S/c1-9(2)11-4-6-12(7-5-11)17-10(3)13(8-16-17)14(15)18/h4-9H,1-3H3,(H2,15,18). The molecule has 0 unspecified atom stereocenters. The van der Waals surface area contributed by atoms with Gasteiger partial charge in [-0.05, 0) is 30.5 Å². The van der Waals surface area contributed by atoms with Crippen LogP contribution in [0.3, 0.4) is 0 Å². The van der Waals surface area contributed by atoms with E-state index in [1.807, 2.05) is 11.6 Å². The molecule has 0 bridgehead atoms. The molecule has 0 spiro atoms. The highest BCUT2D eigenvalue weighted by Crippen LogP contribution is 2.18. The summed E-state index contributed by atoms with van der Waals surface area (Å²) in [6.07, 6.45) is 1.72. The van der Waals surface area contributed by atoms with Crippen molar-refractivity contribution < 1.29 is 0 Å². The van der Waals surface area contributed by atoms with E-state index < -0.39 is 0 Å². The molecule has 2 N–H and O–H groups in total. The smallest absolute Gasteiger partial charge is 0.107 e. The van der Waals surface area contributed by atoms with E-state index in [9.17, 15) is 0 Å². The molecule has 0 atom stereocenters. The van der Waals surface area contributed by atoms with Crippen LogP contribution >= 0.6 is 12.2 Å². The summed E-state index contributed by atoms with van der Waals surface area (Å²) >= 11 is 4.99. The Labute approximate surface area is 113 Å². The van der Waals surface area contributed by atoms with Gasteiger partial charge in [0.2, 0.25) is 0 Å². The van der Waals surface area contributed by atoms with Gasteiger partial charge in [0.1, 0.15) is 4.99 Å². The maximum atomic E-state index is 5.65. The van der Waals surface area contributed by atoms with Crippen molar-refractivity contribution in [3.63, 3.8) is 0 Å². The van der Waals surface area contributed by atoms with Crippen molar-refractivity contribution >= 4 is 17.2 Å². The Morgan fingerprint density at radius 1 is 1.28 bits per heavy atom. The summed E-state index contributed by atoms with van der Waals surface area (Å²) in [6.45, 7) is 6.33. The Balaban J connectivity index is 2.40. The van der Waals surface area contributed by atoms with Crippen LogP contribution in [-0.4, -0.2) is 14.8 Å². The first-order valence-corrected chi connectivity index (χ1v) is 6.36. The molecule has 0 fully saturated rings. The number of rotatable bonds is 3. The lowest BCUT2D eigenvalue weighted by molar-refractivity contribution is 0.836. The van der Waals surface area contributed by atoms with Gasteiger partial charge in [0.15, 0.2) is 0 Å². The fourth-order valence-corrected chi connectivity index (χ4v) is 2.11. The van der Waals surface area contributed by atoms with Gasteiger partial charge in [-0.15, -0.1) is 0 Å². The minimum atomic E-state index is 0.387. The minimum Gasteiger partial charge on any atom is -0.389 e. The molecule has 0 aliphatic carbocycles. The van der Waals surface area contributed by atoms with Crippen LogP contribution < -0.4 is 5.73 Å². The average molecular weight is 259 g/mol. The highest BCUT2D eigenvalue weighted by atomic mass is 32.1. The molecule has 2 aromatic rings. The van der Waals surface area contributed by atoms with Gasteiger partial charge >= 0.3 is 0 Å². The SMILES string of the molecule is Cc1c(C(N)=S)cnn1-c1ccc(C(C)C)cc1. The lowest BCUT2D eigenvalue weighted by Crippen LogP contribution is -2.10. The molecule has 0 aliphatic heterocycles. The molecule has 2 rings (SSSR count). The third-order valence-corrected chi connectivity index (χ3v) is 3.30. The molecule has 1 aromatic carbocycles. The van der Waals surface area contributed by atoms with Crippen LogP contribution in [0.5, 0.6) is 0 Å². The highest BCUT2D eigenvalue weighted by Gasteiger charge is 2.10. The van der Waals surface area contributed by atoms with E-state index in [1.54, 1.807) is 6.20 Å². The zero-order valence-corrected chi connectivity index (χ0v) is 11.7. The van der Waals surface area contributed by atoms with E-state index in [1.165, 1.54) is 5.56 Å². The van der Waals surface area contributed by atoms with Crippen molar-refractivity contribution in [2.24, 2.45) is 5.73 Å². The molecule has 4 heteroatoms. The van der Waals surface area contributed by atoms with Crippen LogP contribution in [0.15, 0.2) is 30.5 Å². The van der Waals surface area contributed by atoms with Gasteiger partial charge in [-0.1, -0.05) is 38.2 Å². The highest BCUT2D eigenvalue weighted by molar-refractivity contribution is 7.80. The molecule has 0 aliphatic rings. The van der Waals surface area contributed by atoms with Crippen LogP contribution in [0, 0.1) is 6.92 Å². The normalized spacial score (nSPS) is 10.9. The number of nitrogens with two attached hydrogens (primary N) is 1. The molecular formula is C14H17N3S. The summed E-state index contributed by atoms with van der Waals surface area (Å²) in [5, 5.41) is 4.33. The van der Waals surface area contributed by atoms with Crippen molar-refractivity contribution in [1.82, 2.24) is 9.78 Å². The van der Waals surface area contributed by atoms with Crippen LogP contribution in [0.2, 0.25) is 0 Å². The van der Waals surface area contributed by atoms with E-state index in [4.69, 9.17) is 18.0 Å². The molecule has 0 radical (unpaired) electrons. The average Bonchev–Trinajstić information content (AvgIpc) is 2.71. The van der Waals surface area contributed by atoms with Crippen LogP contribution in [0.25, 0.3) is 5.69 Å². The molecule has 94 valence electrons. The number of thiocarbonyl (C=S) groups is 1. The van der Waals surface area contributed by atoms with Crippen molar-refractivity contribution in [3.8, 4) is 5.69 Å². The van der Waals surface area contributed by atoms with Gasteiger partial charge < -0.3 is 5.73 Å². The van der Waals surface area contributed by atoms with E-state index in [0.29, 0.717) is 10.9 Å². The molecule has 0 saturated carbocycles. The predicted molar refractivity (Wildman–Crippen MR) is 78.3 cm³/mol.